The Balaban J connectivity index is 1.75. The highest BCUT2D eigenvalue weighted by Gasteiger charge is 2.07. The summed E-state index contributed by atoms with van der Waals surface area (Å²) >= 11 is 1.13. The van der Waals surface area contributed by atoms with Crippen molar-refractivity contribution >= 4 is 27.7 Å². The van der Waals surface area contributed by atoms with E-state index in [0.29, 0.717) is 18.1 Å². The molecule has 1 heterocycles. The molecule has 24 heavy (non-hydrogen) atoms. The van der Waals surface area contributed by atoms with Crippen LogP contribution in [0.15, 0.2) is 51.4 Å². The summed E-state index contributed by atoms with van der Waals surface area (Å²) in [7, 11) is -3.69. The van der Waals surface area contributed by atoms with Gasteiger partial charge in [0.25, 0.3) is 5.56 Å². The number of nitrogens with two attached hydrogens (primary N) is 1. The van der Waals surface area contributed by atoms with Crippen LogP contribution in [0.2, 0.25) is 0 Å². The maximum Gasteiger partial charge on any atom is 0.251 e. The van der Waals surface area contributed by atoms with Gasteiger partial charge in [-0.1, -0.05) is 23.9 Å². The van der Waals surface area contributed by atoms with Crippen molar-refractivity contribution in [1.29, 1.82) is 0 Å². The number of sulfonamides is 1. The molecule has 0 aliphatic carbocycles. The molecule has 0 bridgehead atoms. The minimum Gasteiger partial charge on any atom is -0.355 e. The van der Waals surface area contributed by atoms with Gasteiger partial charge in [-0.25, -0.2) is 18.5 Å². The van der Waals surface area contributed by atoms with E-state index in [1.54, 1.807) is 12.1 Å². The highest BCUT2D eigenvalue weighted by molar-refractivity contribution is 7.99. The van der Waals surface area contributed by atoms with Crippen molar-refractivity contribution < 1.29 is 13.2 Å². The molecule has 0 spiro atoms. The molecule has 2 rings (SSSR count). The summed E-state index contributed by atoms with van der Waals surface area (Å²) in [6.07, 6.45) is 1.94. The largest absolute Gasteiger partial charge is 0.355 e. The van der Waals surface area contributed by atoms with E-state index in [4.69, 9.17) is 5.14 Å². The fraction of sp³-hybridized carbons (Fsp3) is 0.214. The Morgan fingerprint density at radius 1 is 1.25 bits per heavy atom. The molecule has 128 valence electrons. The molecule has 1 aromatic carbocycles. The van der Waals surface area contributed by atoms with Crippen molar-refractivity contribution in [1.82, 2.24) is 15.3 Å². The molecule has 0 saturated carbocycles. The molecule has 0 radical (unpaired) electrons. The van der Waals surface area contributed by atoms with Gasteiger partial charge < -0.3 is 10.3 Å². The number of amides is 1. The fourth-order valence-electron chi connectivity index (χ4n) is 1.80. The summed E-state index contributed by atoms with van der Waals surface area (Å²) in [5.41, 5.74) is 0.611. The van der Waals surface area contributed by atoms with Gasteiger partial charge in [-0.15, -0.1) is 0 Å². The molecular weight excluding hydrogens is 352 g/mol. The average Bonchev–Trinajstić information content (AvgIpc) is 2.53. The Morgan fingerprint density at radius 3 is 2.58 bits per heavy atom. The first kappa shape index (κ1) is 18.2. The smallest absolute Gasteiger partial charge is 0.251 e. The van der Waals surface area contributed by atoms with E-state index in [2.05, 4.69) is 15.3 Å². The van der Waals surface area contributed by atoms with Crippen LogP contribution in [0.25, 0.3) is 0 Å². The standard InChI is InChI=1S/C14H16N4O4S2/c15-24(21,22)11-3-1-10(2-4-11)5-7-16-13(20)9-23-14-17-8-6-12(19)18-14/h1-4,6,8H,5,7,9H2,(H,16,20)(H2,15,21,22)(H,17,18,19). The Kier molecular flexibility index (Phi) is 6.12. The number of rotatable bonds is 7. The second kappa shape index (κ2) is 8.08. The second-order valence-electron chi connectivity index (χ2n) is 4.82. The minimum atomic E-state index is -3.69. The van der Waals surface area contributed by atoms with Crippen LogP contribution in [0, 0.1) is 0 Å². The number of H-pyrrole nitrogens is 1. The molecule has 0 unspecified atom stereocenters. The molecule has 0 atom stereocenters. The lowest BCUT2D eigenvalue weighted by Crippen LogP contribution is -2.27. The molecule has 8 nitrogen and oxygen atoms in total. The maximum absolute atomic E-state index is 11.7. The third-order valence-electron chi connectivity index (χ3n) is 2.98. The molecule has 0 saturated heterocycles. The summed E-state index contributed by atoms with van der Waals surface area (Å²) in [6, 6.07) is 7.46. The van der Waals surface area contributed by atoms with Gasteiger partial charge in [-0.3, -0.25) is 9.59 Å². The van der Waals surface area contributed by atoms with Gasteiger partial charge in [0, 0.05) is 18.8 Å². The van der Waals surface area contributed by atoms with E-state index >= 15 is 0 Å². The summed E-state index contributed by atoms with van der Waals surface area (Å²) in [4.78, 5) is 29.3. The third-order valence-corrected chi connectivity index (χ3v) is 4.79. The van der Waals surface area contributed by atoms with Gasteiger partial charge in [0.15, 0.2) is 5.16 Å². The van der Waals surface area contributed by atoms with E-state index < -0.39 is 10.0 Å². The van der Waals surface area contributed by atoms with Gasteiger partial charge in [-0.2, -0.15) is 0 Å². The minimum absolute atomic E-state index is 0.0519. The van der Waals surface area contributed by atoms with Gasteiger partial charge in [0.2, 0.25) is 15.9 Å². The van der Waals surface area contributed by atoms with Gasteiger partial charge in [0.05, 0.1) is 10.6 Å². The lowest BCUT2D eigenvalue weighted by Gasteiger charge is -2.06. The summed E-state index contributed by atoms with van der Waals surface area (Å²) < 4.78 is 22.3. The number of benzene rings is 1. The summed E-state index contributed by atoms with van der Waals surface area (Å²) in [6.45, 7) is 0.410. The quantitative estimate of drug-likeness (QED) is 0.460. The number of aromatic nitrogens is 2. The number of hydrogen-bond donors (Lipinski definition) is 3. The molecule has 10 heteroatoms. The molecule has 4 N–H and O–H groups in total. The Bertz CT molecular complexity index is 863. The molecule has 0 fully saturated rings. The van der Waals surface area contributed by atoms with Crippen LogP contribution in [-0.4, -0.2) is 36.6 Å². The van der Waals surface area contributed by atoms with Crippen molar-refractivity contribution in [3.05, 3.63) is 52.4 Å². The van der Waals surface area contributed by atoms with E-state index in [1.165, 1.54) is 24.4 Å². The third kappa shape index (κ3) is 5.80. The van der Waals surface area contributed by atoms with Crippen molar-refractivity contribution in [2.24, 2.45) is 5.14 Å². The Labute approximate surface area is 142 Å². The summed E-state index contributed by atoms with van der Waals surface area (Å²) in [5.74, 6) is -0.0511. The number of primary sulfonamides is 1. The number of carbonyl (C=O) groups excluding carboxylic acids is 1. The van der Waals surface area contributed by atoms with E-state index in [-0.39, 0.29) is 22.1 Å². The number of hydrogen-bond acceptors (Lipinski definition) is 6. The van der Waals surface area contributed by atoms with Crippen molar-refractivity contribution in [2.75, 3.05) is 12.3 Å². The van der Waals surface area contributed by atoms with Crippen LogP contribution < -0.4 is 16.0 Å². The van der Waals surface area contributed by atoms with Crippen LogP contribution in [0.3, 0.4) is 0 Å². The van der Waals surface area contributed by atoms with Crippen molar-refractivity contribution in [2.45, 2.75) is 16.5 Å². The van der Waals surface area contributed by atoms with Gasteiger partial charge in [-0.05, 0) is 24.1 Å². The fourth-order valence-corrected chi connectivity index (χ4v) is 3.00. The molecule has 1 amide bonds. The lowest BCUT2D eigenvalue weighted by atomic mass is 10.1. The van der Waals surface area contributed by atoms with Crippen LogP contribution >= 0.6 is 11.8 Å². The monoisotopic (exact) mass is 368 g/mol. The second-order valence-corrected chi connectivity index (χ2v) is 7.34. The SMILES string of the molecule is NS(=O)(=O)c1ccc(CCNC(=O)CSc2nccc(=O)[nH]2)cc1. The number of nitrogens with zero attached hydrogens (tertiary/aromatic N) is 1. The van der Waals surface area contributed by atoms with Crippen LogP contribution in [0.1, 0.15) is 5.56 Å². The first-order valence-corrected chi connectivity index (χ1v) is 9.44. The van der Waals surface area contributed by atoms with Crippen molar-refractivity contribution in [3.8, 4) is 0 Å². The van der Waals surface area contributed by atoms with Crippen molar-refractivity contribution in [3.63, 3.8) is 0 Å². The topological polar surface area (TPSA) is 135 Å². The van der Waals surface area contributed by atoms with Crippen LogP contribution in [-0.2, 0) is 21.2 Å². The van der Waals surface area contributed by atoms with Gasteiger partial charge >= 0.3 is 0 Å². The summed E-state index contributed by atoms with van der Waals surface area (Å²) in [5, 5.41) is 8.15. The lowest BCUT2D eigenvalue weighted by molar-refractivity contribution is -0.118. The Morgan fingerprint density at radius 2 is 1.96 bits per heavy atom. The first-order valence-electron chi connectivity index (χ1n) is 6.91. The molecule has 1 aromatic heterocycles. The van der Waals surface area contributed by atoms with Gasteiger partial charge in [0.1, 0.15) is 0 Å². The zero-order valence-corrected chi connectivity index (χ0v) is 14.2. The normalized spacial score (nSPS) is 11.2. The zero-order chi connectivity index (χ0) is 17.6. The zero-order valence-electron chi connectivity index (χ0n) is 12.6. The van der Waals surface area contributed by atoms with E-state index in [0.717, 1.165) is 17.3 Å². The predicted molar refractivity (Wildman–Crippen MR) is 90.1 cm³/mol. The molecule has 2 aromatic rings. The number of nitrogens with one attached hydrogen (secondary N) is 2. The van der Waals surface area contributed by atoms with E-state index in [1.807, 2.05) is 0 Å². The molecular formula is C14H16N4O4S2. The number of thioether (sulfide) groups is 1. The maximum atomic E-state index is 11.7. The average molecular weight is 368 g/mol. The highest BCUT2D eigenvalue weighted by atomic mass is 32.2. The first-order chi connectivity index (χ1) is 11.3. The van der Waals surface area contributed by atoms with Crippen LogP contribution in [0.5, 0.6) is 0 Å². The predicted octanol–water partition coefficient (Wildman–Crippen LogP) is -0.132. The van der Waals surface area contributed by atoms with E-state index in [9.17, 15) is 18.0 Å². The highest BCUT2D eigenvalue weighted by Crippen LogP contribution is 2.10. The molecule has 0 aliphatic rings. The number of carbonyl (C=O) groups is 1. The Hall–Kier alpha value is -2.17. The van der Waals surface area contributed by atoms with Crippen LogP contribution in [0.4, 0.5) is 0 Å². The number of aromatic amines is 1. The molecule has 0 aliphatic heterocycles.